The van der Waals surface area contributed by atoms with Gasteiger partial charge >= 0.3 is 51.4 Å². The average molecular weight is 543 g/mol. The van der Waals surface area contributed by atoms with E-state index in [4.69, 9.17) is 5.73 Å². The van der Waals surface area contributed by atoms with E-state index >= 15 is 0 Å². The molecular weight excluding hydrogens is 507 g/mol. The number of likely N-dealkylation sites (tertiary alicyclic amines) is 1. The number of nitrogens with zero attached hydrogens (tertiary/aromatic N) is 4. The second kappa shape index (κ2) is 13.8. The number of piperidine rings is 1. The molecule has 9 nitrogen and oxygen atoms in total. The molecule has 2 amide bonds. The molecule has 1 aliphatic rings. The molecule has 0 radical (unpaired) electrons. The van der Waals surface area contributed by atoms with Crippen LogP contribution in [0.1, 0.15) is 40.9 Å². The van der Waals surface area contributed by atoms with Gasteiger partial charge in [-0.15, -0.1) is 7.05 Å². The van der Waals surface area contributed by atoms with Gasteiger partial charge in [-0.05, 0) is 36.0 Å². The zero-order valence-electron chi connectivity index (χ0n) is 22.5. The molecule has 1 fully saturated rings. The van der Waals surface area contributed by atoms with Crippen molar-refractivity contribution in [2.45, 2.75) is 37.8 Å². The molecule has 0 unspecified atom stereocenters. The maximum absolute atomic E-state index is 13.1. The van der Waals surface area contributed by atoms with Gasteiger partial charge in [0.1, 0.15) is 5.69 Å². The van der Waals surface area contributed by atoms with Gasteiger partial charge in [-0.1, -0.05) is 60.3 Å². The largest absolute Gasteiger partial charge is 1.00 e. The molecule has 0 saturated carbocycles. The summed E-state index contributed by atoms with van der Waals surface area (Å²) in [7, 11) is 3.40. The van der Waals surface area contributed by atoms with Crippen LogP contribution in [0.2, 0.25) is 0 Å². The number of nitrogens with one attached hydrogen (secondary N) is 1. The summed E-state index contributed by atoms with van der Waals surface area (Å²) in [4.78, 5) is 27.5. The number of carbonyl (C=O) groups is 2. The minimum Gasteiger partial charge on any atom is -0.683 e. The minimum atomic E-state index is -1.08. The van der Waals surface area contributed by atoms with Gasteiger partial charge in [0, 0.05) is 39.6 Å². The van der Waals surface area contributed by atoms with E-state index in [0.717, 1.165) is 22.4 Å². The van der Waals surface area contributed by atoms with Crippen molar-refractivity contribution in [1.29, 1.82) is 0 Å². The Morgan fingerprint density at radius 1 is 1.08 bits per heavy atom. The number of aromatic nitrogens is 2. The van der Waals surface area contributed by atoms with E-state index in [-0.39, 0.29) is 69.5 Å². The van der Waals surface area contributed by atoms with Crippen molar-refractivity contribution in [1.82, 2.24) is 20.0 Å². The molecule has 10 heteroatoms. The third-order valence-electron chi connectivity index (χ3n) is 7.02. The van der Waals surface area contributed by atoms with Gasteiger partial charge in [0.2, 0.25) is 5.91 Å². The first-order valence-electron chi connectivity index (χ1n) is 12.6. The van der Waals surface area contributed by atoms with E-state index in [1.807, 2.05) is 54.6 Å². The zero-order chi connectivity index (χ0) is 26.4. The predicted molar refractivity (Wildman–Crippen MR) is 143 cm³/mol. The van der Waals surface area contributed by atoms with Crippen molar-refractivity contribution < 1.29 is 66.1 Å². The fourth-order valence-electron chi connectivity index (χ4n) is 4.73. The van der Waals surface area contributed by atoms with E-state index in [9.17, 15) is 14.7 Å². The maximum Gasteiger partial charge on any atom is 1.00 e. The van der Waals surface area contributed by atoms with Crippen LogP contribution in [0.3, 0.4) is 0 Å². The average Bonchev–Trinajstić information content (AvgIpc) is 3.27. The van der Waals surface area contributed by atoms with Gasteiger partial charge in [-0.2, -0.15) is 5.10 Å². The Morgan fingerprint density at radius 3 is 2.34 bits per heavy atom. The summed E-state index contributed by atoms with van der Waals surface area (Å²) < 4.78 is 1.64. The Kier molecular flexibility index (Phi) is 11.1. The number of rotatable bonds is 9. The summed E-state index contributed by atoms with van der Waals surface area (Å²) in [6.45, 7) is 1.45. The minimum absolute atomic E-state index is 0. The molecule has 4 rings (SSSR count). The van der Waals surface area contributed by atoms with Crippen molar-refractivity contribution in [3.63, 3.8) is 0 Å². The first kappa shape index (κ1) is 30.5. The van der Waals surface area contributed by atoms with Crippen LogP contribution in [-0.2, 0) is 24.8 Å². The standard InChI is InChI=1S/C28H35N6O3.K/c1-30-24-25(32-33(2)26(24)22-11-8-21(18-29)9-12-22)27(36)31-19-28(37)14-16-34(17-15-28)23(35)13-10-20-6-4-3-5-7-20;/h3-9,11-12,37H,10,13-19,29H2,1-2H3,(H,31,36);/q-1;+1. The summed E-state index contributed by atoms with van der Waals surface area (Å²) in [5, 5.41) is 22.7. The van der Waals surface area contributed by atoms with Crippen LogP contribution in [0.5, 0.6) is 0 Å². The van der Waals surface area contributed by atoms with Gasteiger partial charge in [0.15, 0.2) is 0 Å². The first-order valence-corrected chi connectivity index (χ1v) is 12.6. The molecule has 3 aromatic rings. The Hall–Kier alpha value is -2.05. The fourth-order valence-corrected chi connectivity index (χ4v) is 4.73. The molecule has 196 valence electrons. The number of nitrogens with two attached hydrogens (primary N) is 1. The Balaban J connectivity index is 0.00000400. The topological polar surface area (TPSA) is 128 Å². The number of aliphatic hydroxyl groups is 1. The summed E-state index contributed by atoms with van der Waals surface area (Å²) in [5.74, 6) is -0.305. The Labute approximate surface area is 266 Å². The van der Waals surface area contributed by atoms with Gasteiger partial charge in [-0.3, -0.25) is 14.3 Å². The van der Waals surface area contributed by atoms with Crippen LogP contribution < -0.4 is 62.4 Å². The van der Waals surface area contributed by atoms with Crippen molar-refractivity contribution in [2.75, 3.05) is 26.7 Å². The maximum atomic E-state index is 13.1. The summed E-state index contributed by atoms with van der Waals surface area (Å²) >= 11 is 0. The van der Waals surface area contributed by atoms with Crippen molar-refractivity contribution in [3.8, 4) is 11.3 Å². The third kappa shape index (κ3) is 7.32. The predicted octanol–water partition coefficient (Wildman–Crippen LogP) is -0.0991. The number of aryl methyl sites for hydroxylation is 2. The van der Waals surface area contributed by atoms with Gasteiger partial charge in [-0.25, -0.2) is 0 Å². The normalized spacial score (nSPS) is 14.5. The smallest absolute Gasteiger partial charge is 0.683 e. The fraction of sp³-hybridized carbons (Fsp3) is 0.393. The molecule has 2 aromatic carbocycles. The van der Waals surface area contributed by atoms with Crippen molar-refractivity contribution in [3.05, 3.63) is 76.7 Å². The van der Waals surface area contributed by atoms with Crippen LogP contribution in [0.4, 0.5) is 5.69 Å². The molecule has 0 bridgehead atoms. The van der Waals surface area contributed by atoms with E-state index in [1.165, 1.54) is 0 Å². The SMILES string of the molecule is C[N-]c1c(C(=O)NCC2(O)CCN(C(=O)CCc3ccccc3)CC2)nn(C)c1-c1ccc(CN)cc1.[K+]. The van der Waals surface area contributed by atoms with Crippen LogP contribution >= 0.6 is 0 Å². The molecule has 0 spiro atoms. The van der Waals surface area contributed by atoms with Crippen LogP contribution in [0, 0.1) is 0 Å². The van der Waals surface area contributed by atoms with E-state index in [1.54, 1.807) is 23.7 Å². The van der Waals surface area contributed by atoms with Crippen LogP contribution in [-0.4, -0.2) is 63.9 Å². The molecule has 0 aliphatic carbocycles. The Bertz CT molecular complexity index is 1220. The molecular formula is C28H35KN6O3. The molecule has 2 heterocycles. The molecule has 1 aliphatic heterocycles. The van der Waals surface area contributed by atoms with Crippen LogP contribution in [0.15, 0.2) is 54.6 Å². The van der Waals surface area contributed by atoms with Gasteiger partial charge in [0.25, 0.3) is 5.91 Å². The summed E-state index contributed by atoms with van der Waals surface area (Å²) in [6.07, 6.45) is 1.94. The molecule has 38 heavy (non-hydrogen) atoms. The zero-order valence-corrected chi connectivity index (χ0v) is 25.6. The van der Waals surface area contributed by atoms with Gasteiger partial charge < -0.3 is 26.4 Å². The second-order valence-corrected chi connectivity index (χ2v) is 9.57. The number of carbonyl (C=O) groups excluding carboxylic acids is 2. The number of benzene rings is 2. The monoisotopic (exact) mass is 542 g/mol. The van der Waals surface area contributed by atoms with Gasteiger partial charge in [0.05, 0.1) is 11.3 Å². The van der Waals surface area contributed by atoms with Crippen LogP contribution in [0.25, 0.3) is 16.6 Å². The molecule has 4 N–H and O–H groups in total. The number of amides is 2. The van der Waals surface area contributed by atoms with Crippen molar-refractivity contribution in [2.24, 2.45) is 12.8 Å². The number of hydrogen-bond acceptors (Lipinski definition) is 5. The first-order chi connectivity index (χ1) is 17.8. The molecule has 1 saturated heterocycles. The number of hydrogen-bond donors (Lipinski definition) is 3. The summed E-state index contributed by atoms with van der Waals surface area (Å²) in [5.41, 5.74) is 9.09. The Morgan fingerprint density at radius 2 is 1.74 bits per heavy atom. The summed E-state index contributed by atoms with van der Waals surface area (Å²) in [6, 6.07) is 17.7. The van der Waals surface area contributed by atoms with E-state index in [0.29, 0.717) is 51.0 Å². The quantitative estimate of drug-likeness (QED) is 0.326. The third-order valence-corrected chi connectivity index (χ3v) is 7.02. The second-order valence-electron chi connectivity index (χ2n) is 9.57. The van der Waals surface area contributed by atoms with E-state index in [2.05, 4.69) is 15.7 Å². The molecule has 0 atom stereocenters. The van der Waals surface area contributed by atoms with Crippen molar-refractivity contribution >= 4 is 17.5 Å². The van der Waals surface area contributed by atoms with E-state index < -0.39 is 11.5 Å². The molecule has 1 aromatic heterocycles.